The molecule has 80 valence electrons. The number of benzene rings is 2. The van der Waals surface area contributed by atoms with Crippen molar-refractivity contribution in [3.05, 3.63) is 54.1 Å². The van der Waals surface area contributed by atoms with Crippen LogP contribution in [0.15, 0.2) is 43.0 Å². The molecule has 0 heterocycles. The lowest BCUT2D eigenvalue weighted by Crippen LogP contribution is -2.24. The lowest BCUT2D eigenvalue weighted by atomic mass is 9.81. The van der Waals surface area contributed by atoms with E-state index in [4.69, 9.17) is 0 Å². The van der Waals surface area contributed by atoms with Crippen molar-refractivity contribution in [3.63, 3.8) is 0 Å². The Labute approximate surface area is 95.0 Å². The largest absolute Gasteiger partial charge is 0.395 e. The van der Waals surface area contributed by atoms with Crippen molar-refractivity contribution in [1.82, 2.24) is 0 Å². The Morgan fingerprint density at radius 3 is 2.56 bits per heavy atom. The number of rotatable bonds is 1. The van der Waals surface area contributed by atoms with E-state index in [0.717, 1.165) is 5.57 Å². The number of hydrogen-bond acceptors (Lipinski definition) is 1. The van der Waals surface area contributed by atoms with Crippen LogP contribution in [0.25, 0.3) is 16.3 Å². The summed E-state index contributed by atoms with van der Waals surface area (Å²) >= 11 is 0. The van der Waals surface area contributed by atoms with E-state index in [1.165, 1.54) is 21.9 Å². The first-order chi connectivity index (χ1) is 7.68. The van der Waals surface area contributed by atoms with Gasteiger partial charge in [0.25, 0.3) is 0 Å². The molecular formula is C15H14O. The van der Waals surface area contributed by atoms with E-state index >= 15 is 0 Å². The molecule has 16 heavy (non-hydrogen) atoms. The van der Waals surface area contributed by atoms with Gasteiger partial charge in [0, 0.05) is 5.41 Å². The van der Waals surface area contributed by atoms with Gasteiger partial charge >= 0.3 is 0 Å². The molecule has 0 aliphatic heterocycles. The summed E-state index contributed by atoms with van der Waals surface area (Å²) < 4.78 is 0. The Morgan fingerprint density at radius 1 is 1.19 bits per heavy atom. The van der Waals surface area contributed by atoms with Crippen molar-refractivity contribution < 1.29 is 5.11 Å². The summed E-state index contributed by atoms with van der Waals surface area (Å²) in [6.45, 7) is 6.33. The molecule has 1 nitrogen and oxygen atoms in total. The summed E-state index contributed by atoms with van der Waals surface area (Å²) in [4.78, 5) is 0. The molecule has 2 aromatic carbocycles. The summed E-state index contributed by atoms with van der Waals surface area (Å²) in [5.74, 6) is 0. The van der Waals surface area contributed by atoms with Crippen molar-refractivity contribution in [2.75, 3.05) is 6.61 Å². The van der Waals surface area contributed by atoms with E-state index in [9.17, 15) is 5.11 Å². The third-order valence-corrected chi connectivity index (χ3v) is 3.81. The van der Waals surface area contributed by atoms with Crippen LogP contribution in [0.5, 0.6) is 0 Å². The van der Waals surface area contributed by atoms with Gasteiger partial charge in [0.05, 0.1) is 6.61 Å². The third kappa shape index (κ3) is 0.940. The van der Waals surface area contributed by atoms with Gasteiger partial charge in [-0.25, -0.2) is 0 Å². The highest BCUT2D eigenvalue weighted by Crippen LogP contribution is 2.48. The van der Waals surface area contributed by atoms with Gasteiger partial charge in [0.1, 0.15) is 0 Å². The summed E-state index contributed by atoms with van der Waals surface area (Å²) in [6.07, 6.45) is 0. The second-order valence-corrected chi connectivity index (χ2v) is 4.68. The Morgan fingerprint density at radius 2 is 1.88 bits per heavy atom. The fourth-order valence-corrected chi connectivity index (χ4v) is 2.69. The zero-order valence-corrected chi connectivity index (χ0v) is 9.33. The maximum absolute atomic E-state index is 9.66. The quantitative estimate of drug-likeness (QED) is 0.766. The molecule has 1 aliphatic carbocycles. The monoisotopic (exact) mass is 210 g/mol. The van der Waals surface area contributed by atoms with Crippen LogP contribution >= 0.6 is 0 Å². The lowest BCUT2D eigenvalue weighted by Gasteiger charge is -2.24. The molecule has 1 aliphatic rings. The van der Waals surface area contributed by atoms with Gasteiger partial charge in [-0.05, 0) is 34.4 Å². The van der Waals surface area contributed by atoms with Crippen LogP contribution in [-0.4, -0.2) is 11.7 Å². The Hall–Kier alpha value is -1.60. The average Bonchev–Trinajstić information content (AvgIpc) is 2.55. The first kappa shape index (κ1) is 9.61. The van der Waals surface area contributed by atoms with Gasteiger partial charge in [-0.2, -0.15) is 0 Å². The van der Waals surface area contributed by atoms with Gasteiger partial charge in [0.15, 0.2) is 0 Å². The third-order valence-electron chi connectivity index (χ3n) is 3.81. The van der Waals surface area contributed by atoms with Crippen LogP contribution in [-0.2, 0) is 5.41 Å². The predicted molar refractivity (Wildman–Crippen MR) is 67.4 cm³/mol. The van der Waals surface area contributed by atoms with Crippen molar-refractivity contribution in [2.45, 2.75) is 12.3 Å². The highest BCUT2D eigenvalue weighted by molar-refractivity contribution is 6.04. The van der Waals surface area contributed by atoms with Crippen LogP contribution in [0.2, 0.25) is 0 Å². The zero-order chi connectivity index (χ0) is 11.3. The molecule has 0 aromatic heterocycles. The molecule has 0 saturated carbocycles. The summed E-state index contributed by atoms with van der Waals surface area (Å²) in [6, 6.07) is 12.5. The predicted octanol–water partition coefficient (Wildman–Crippen LogP) is 3.12. The molecule has 0 fully saturated rings. The number of aliphatic hydroxyl groups excluding tert-OH is 1. The lowest BCUT2D eigenvalue weighted by molar-refractivity contribution is 0.244. The number of aliphatic hydroxyl groups is 1. The van der Waals surface area contributed by atoms with E-state index in [-0.39, 0.29) is 12.0 Å². The summed E-state index contributed by atoms with van der Waals surface area (Å²) in [5, 5.41) is 12.1. The van der Waals surface area contributed by atoms with E-state index in [2.05, 4.69) is 43.8 Å². The Balaban J connectivity index is 2.49. The topological polar surface area (TPSA) is 20.2 Å². The van der Waals surface area contributed by atoms with Gasteiger partial charge in [-0.15, -0.1) is 0 Å². The van der Waals surface area contributed by atoms with Gasteiger partial charge in [-0.1, -0.05) is 43.0 Å². The highest BCUT2D eigenvalue weighted by Gasteiger charge is 2.37. The van der Waals surface area contributed by atoms with Gasteiger partial charge in [0.2, 0.25) is 0 Å². The molecule has 3 rings (SSSR count). The van der Waals surface area contributed by atoms with Crippen LogP contribution in [0.4, 0.5) is 0 Å². The normalized spacial score (nSPS) is 23.0. The highest BCUT2D eigenvalue weighted by atomic mass is 16.3. The molecule has 2 aromatic rings. The second kappa shape index (κ2) is 2.96. The molecule has 1 atom stereocenters. The molecular weight excluding hydrogens is 196 g/mol. The van der Waals surface area contributed by atoms with Crippen LogP contribution in [0.3, 0.4) is 0 Å². The summed E-state index contributed by atoms with van der Waals surface area (Å²) in [5.41, 5.74) is 3.10. The molecule has 1 heteroatoms. The average molecular weight is 210 g/mol. The van der Waals surface area contributed by atoms with Crippen LogP contribution < -0.4 is 0 Å². The Bertz CT molecular complexity index is 592. The van der Waals surface area contributed by atoms with Crippen molar-refractivity contribution >= 4 is 16.3 Å². The van der Waals surface area contributed by atoms with Gasteiger partial charge in [-0.3, -0.25) is 0 Å². The second-order valence-electron chi connectivity index (χ2n) is 4.68. The smallest absolute Gasteiger partial charge is 0.0566 e. The number of hydrogen-bond donors (Lipinski definition) is 1. The fourth-order valence-electron chi connectivity index (χ4n) is 2.69. The van der Waals surface area contributed by atoms with E-state index in [0.29, 0.717) is 0 Å². The maximum atomic E-state index is 9.66. The maximum Gasteiger partial charge on any atom is 0.0566 e. The Kier molecular flexibility index (Phi) is 1.78. The SMILES string of the molecule is C=C1c2cccc3cccc(c23)C1(C)CO. The van der Waals surface area contributed by atoms with E-state index < -0.39 is 0 Å². The van der Waals surface area contributed by atoms with Gasteiger partial charge < -0.3 is 5.11 Å². The van der Waals surface area contributed by atoms with Crippen molar-refractivity contribution in [1.29, 1.82) is 0 Å². The first-order valence-corrected chi connectivity index (χ1v) is 5.51. The molecule has 1 N–H and O–H groups in total. The molecule has 0 amide bonds. The minimum absolute atomic E-state index is 0.111. The van der Waals surface area contributed by atoms with Crippen molar-refractivity contribution in [2.24, 2.45) is 0 Å². The standard InChI is InChI=1S/C15H14O/c1-10-12-7-3-5-11-6-4-8-13(14(11)12)15(10,2)9-16/h3-8,16H,1,9H2,2H3. The first-order valence-electron chi connectivity index (χ1n) is 5.51. The molecule has 0 spiro atoms. The van der Waals surface area contributed by atoms with E-state index in [1.807, 2.05) is 6.07 Å². The molecule has 0 saturated heterocycles. The van der Waals surface area contributed by atoms with Crippen LogP contribution in [0, 0.1) is 0 Å². The van der Waals surface area contributed by atoms with Crippen molar-refractivity contribution in [3.8, 4) is 0 Å². The zero-order valence-electron chi connectivity index (χ0n) is 9.33. The molecule has 0 bridgehead atoms. The van der Waals surface area contributed by atoms with Crippen LogP contribution in [0.1, 0.15) is 18.1 Å². The molecule has 1 unspecified atom stereocenters. The summed E-state index contributed by atoms with van der Waals surface area (Å²) in [7, 11) is 0. The minimum atomic E-state index is -0.316. The fraction of sp³-hybridized carbons (Fsp3) is 0.200. The van der Waals surface area contributed by atoms with E-state index in [1.54, 1.807) is 0 Å². The minimum Gasteiger partial charge on any atom is -0.395 e. The molecule has 0 radical (unpaired) electrons.